The van der Waals surface area contributed by atoms with Crippen molar-refractivity contribution in [1.82, 2.24) is 10.3 Å². The zero-order valence-corrected chi connectivity index (χ0v) is 13.8. The number of halogens is 3. The third-order valence-electron chi connectivity index (χ3n) is 3.25. The van der Waals surface area contributed by atoms with Crippen LogP contribution in [0, 0.1) is 24.2 Å². The number of alkyl halides is 3. The maximum absolute atomic E-state index is 12.6. The van der Waals surface area contributed by atoms with Crippen molar-refractivity contribution >= 4 is 17.2 Å². The van der Waals surface area contributed by atoms with Crippen molar-refractivity contribution in [3.8, 4) is 16.6 Å². The monoisotopic (exact) mass is 353 g/mol. The molecule has 1 N–H and O–H groups in total. The quantitative estimate of drug-likeness (QED) is 0.903. The van der Waals surface area contributed by atoms with Gasteiger partial charge in [0.15, 0.2) is 0 Å². The third-order valence-corrected chi connectivity index (χ3v) is 4.46. The fourth-order valence-electron chi connectivity index (χ4n) is 1.90. The zero-order valence-electron chi connectivity index (χ0n) is 12.9. The molecule has 1 aromatic carbocycles. The van der Waals surface area contributed by atoms with Crippen molar-refractivity contribution in [2.24, 2.45) is 5.92 Å². The van der Waals surface area contributed by atoms with Gasteiger partial charge in [-0.3, -0.25) is 4.79 Å². The van der Waals surface area contributed by atoms with Gasteiger partial charge in [-0.1, -0.05) is 12.1 Å². The van der Waals surface area contributed by atoms with E-state index in [1.807, 2.05) is 6.07 Å². The van der Waals surface area contributed by atoms with Crippen molar-refractivity contribution in [3.05, 3.63) is 40.4 Å². The average molecular weight is 353 g/mol. The molecule has 126 valence electrons. The number of aryl methyl sites for hydroxylation is 1. The van der Waals surface area contributed by atoms with Gasteiger partial charge in [0, 0.05) is 12.1 Å². The van der Waals surface area contributed by atoms with Crippen LogP contribution in [-0.4, -0.2) is 17.4 Å². The number of benzene rings is 1. The largest absolute Gasteiger partial charge is 0.416 e. The molecule has 0 aliphatic rings. The van der Waals surface area contributed by atoms with Crippen LogP contribution in [0.5, 0.6) is 0 Å². The van der Waals surface area contributed by atoms with Gasteiger partial charge in [0.25, 0.3) is 5.91 Å². The summed E-state index contributed by atoms with van der Waals surface area (Å²) in [6.45, 7) is 3.57. The number of nitrogens with one attached hydrogen (secondary N) is 1. The van der Waals surface area contributed by atoms with Crippen molar-refractivity contribution < 1.29 is 18.0 Å². The number of carbonyl (C=O) groups is 1. The van der Waals surface area contributed by atoms with E-state index in [4.69, 9.17) is 5.26 Å². The molecule has 1 heterocycles. The number of hydrogen-bond acceptors (Lipinski definition) is 4. The molecule has 0 spiro atoms. The van der Waals surface area contributed by atoms with Crippen LogP contribution in [-0.2, 0) is 6.18 Å². The highest BCUT2D eigenvalue weighted by Gasteiger charge is 2.30. The van der Waals surface area contributed by atoms with Crippen molar-refractivity contribution in [2.45, 2.75) is 20.0 Å². The fraction of sp³-hybridized carbons (Fsp3) is 0.312. The highest BCUT2D eigenvalue weighted by Crippen LogP contribution is 2.32. The number of aromatic nitrogens is 1. The lowest BCUT2D eigenvalue weighted by Gasteiger charge is -2.06. The summed E-state index contributed by atoms with van der Waals surface area (Å²) in [4.78, 5) is 16.8. The molecule has 1 aromatic heterocycles. The van der Waals surface area contributed by atoms with Crippen molar-refractivity contribution in [3.63, 3.8) is 0 Å². The SMILES string of the molecule is Cc1nc(-c2ccc(C(F)(F)F)cc2)sc1C(=O)NCC(C)C#N. The minimum absolute atomic E-state index is 0.224. The topological polar surface area (TPSA) is 65.8 Å². The smallest absolute Gasteiger partial charge is 0.350 e. The van der Waals surface area contributed by atoms with Crippen LogP contribution in [0.3, 0.4) is 0 Å². The second kappa shape index (κ2) is 7.01. The Morgan fingerprint density at radius 3 is 2.54 bits per heavy atom. The van der Waals surface area contributed by atoms with E-state index in [-0.39, 0.29) is 18.4 Å². The lowest BCUT2D eigenvalue weighted by molar-refractivity contribution is -0.137. The van der Waals surface area contributed by atoms with E-state index in [1.165, 1.54) is 12.1 Å². The molecular weight excluding hydrogens is 339 g/mol. The van der Waals surface area contributed by atoms with Crippen molar-refractivity contribution in [1.29, 1.82) is 5.26 Å². The Labute approximate surface area is 141 Å². The number of carbonyl (C=O) groups excluding carboxylic acids is 1. The predicted octanol–water partition coefficient (Wildman–Crippen LogP) is 4.03. The van der Waals surface area contributed by atoms with E-state index in [2.05, 4.69) is 10.3 Å². The summed E-state index contributed by atoms with van der Waals surface area (Å²) in [6.07, 6.45) is -4.39. The van der Waals surface area contributed by atoms with Gasteiger partial charge >= 0.3 is 6.18 Å². The molecule has 24 heavy (non-hydrogen) atoms. The highest BCUT2D eigenvalue weighted by molar-refractivity contribution is 7.17. The van der Waals surface area contributed by atoms with E-state index < -0.39 is 11.7 Å². The minimum Gasteiger partial charge on any atom is -0.350 e. The zero-order chi connectivity index (χ0) is 17.9. The van der Waals surface area contributed by atoms with Gasteiger partial charge in [0.1, 0.15) is 9.88 Å². The average Bonchev–Trinajstić information content (AvgIpc) is 2.93. The van der Waals surface area contributed by atoms with Crippen LogP contribution < -0.4 is 5.32 Å². The minimum atomic E-state index is -4.39. The van der Waals surface area contributed by atoms with E-state index in [1.54, 1.807) is 13.8 Å². The lowest BCUT2D eigenvalue weighted by atomic mass is 10.1. The first-order valence-electron chi connectivity index (χ1n) is 7.05. The maximum atomic E-state index is 12.6. The number of nitrogens with zero attached hydrogens (tertiary/aromatic N) is 2. The first-order valence-corrected chi connectivity index (χ1v) is 7.87. The Kier molecular flexibility index (Phi) is 5.24. The van der Waals surface area contributed by atoms with Crippen LogP contribution in [0.25, 0.3) is 10.6 Å². The number of nitriles is 1. The molecular formula is C16H14F3N3OS. The maximum Gasteiger partial charge on any atom is 0.416 e. The predicted molar refractivity (Wildman–Crippen MR) is 84.4 cm³/mol. The number of amides is 1. The summed E-state index contributed by atoms with van der Waals surface area (Å²) in [7, 11) is 0. The normalized spacial score (nSPS) is 12.5. The Morgan fingerprint density at radius 1 is 1.38 bits per heavy atom. The molecule has 2 rings (SSSR count). The van der Waals surface area contributed by atoms with E-state index in [9.17, 15) is 18.0 Å². The summed E-state index contributed by atoms with van der Waals surface area (Å²) >= 11 is 1.11. The van der Waals surface area contributed by atoms with Gasteiger partial charge in [0.05, 0.1) is 23.2 Å². The Balaban J connectivity index is 2.19. The Morgan fingerprint density at radius 2 is 2.00 bits per heavy atom. The summed E-state index contributed by atoms with van der Waals surface area (Å²) in [5.41, 5.74) is 0.278. The first-order chi connectivity index (χ1) is 11.2. The van der Waals surface area contributed by atoms with Gasteiger partial charge < -0.3 is 5.32 Å². The van der Waals surface area contributed by atoms with Crippen LogP contribution >= 0.6 is 11.3 Å². The van der Waals surface area contributed by atoms with Crippen LogP contribution in [0.1, 0.15) is 27.9 Å². The molecule has 0 radical (unpaired) electrons. The van der Waals surface area contributed by atoms with Crippen molar-refractivity contribution in [2.75, 3.05) is 6.54 Å². The molecule has 0 aliphatic heterocycles. The summed E-state index contributed by atoms with van der Waals surface area (Å²) in [6, 6.07) is 6.66. The standard InChI is InChI=1S/C16H14F3N3OS/c1-9(7-20)8-21-14(23)13-10(2)22-15(24-13)11-3-5-12(6-4-11)16(17,18)19/h3-6,9H,8H2,1-2H3,(H,21,23). The molecule has 8 heteroatoms. The molecule has 1 unspecified atom stereocenters. The van der Waals surface area contributed by atoms with Gasteiger partial charge in [-0.25, -0.2) is 4.98 Å². The van der Waals surface area contributed by atoms with Crippen LogP contribution in [0.2, 0.25) is 0 Å². The van der Waals surface area contributed by atoms with Gasteiger partial charge in [0.2, 0.25) is 0 Å². The molecule has 0 saturated heterocycles. The Bertz CT molecular complexity index is 775. The van der Waals surface area contributed by atoms with E-state index in [0.717, 1.165) is 23.5 Å². The molecule has 1 amide bonds. The van der Waals surface area contributed by atoms with E-state index >= 15 is 0 Å². The molecule has 4 nitrogen and oxygen atoms in total. The highest BCUT2D eigenvalue weighted by atomic mass is 32.1. The number of rotatable bonds is 4. The second-order valence-corrected chi connectivity index (χ2v) is 6.25. The molecule has 0 saturated carbocycles. The van der Waals surface area contributed by atoms with Crippen LogP contribution in [0.15, 0.2) is 24.3 Å². The number of hydrogen-bond donors (Lipinski definition) is 1. The third kappa shape index (κ3) is 4.11. The Hall–Kier alpha value is -2.40. The first kappa shape index (κ1) is 17.9. The molecule has 0 bridgehead atoms. The fourth-order valence-corrected chi connectivity index (χ4v) is 2.89. The summed E-state index contributed by atoms with van der Waals surface area (Å²) < 4.78 is 37.8. The van der Waals surface area contributed by atoms with Gasteiger partial charge in [-0.2, -0.15) is 18.4 Å². The number of thiazole rings is 1. The van der Waals surface area contributed by atoms with Crippen LogP contribution in [0.4, 0.5) is 13.2 Å². The molecule has 0 aliphatic carbocycles. The van der Waals surface area contributed by atoms with Gasteiger partial charge in [-0.15, -0.1) is 11.3 Å². The molecule has 1 atom stereocenters. The lowest BCUT2D eigenvalue weighted by Crippen LogP contribution is -2.27. The second-order valence-electron chi connectivity index (χ2n) is 5.25. The summed E-state index contributed by atoms with van der Waals surface area (Å²) in [5.74, 6) is -0.651. The molecule has 2 aromatic rings. The van der Waals surface area contributed by atoms with Gasteiger partial charge in [-0.05, 0) is 26.0 Å². The van der Waals surface area contributed by atoms with E-state index in [0.29, 0.717) is 21.1 Å². The summed E-state index contributed by atoms with van der Waals surface area (Å²) in [5, 5.41) is 11.8. The molecule has 0 fully saturated rings.